The van der Waals surface area contributed by atoms with Crippen LogP contribution in [0.5, 0.6) is 0 Å². The molecule has 1 amide bonds. The number of nitrogen functional groups attached to an aromatic ring is 1. The Morgan fingerprint density at radius 1 is 1.15 bits per heavy atom. The van der Waals surface area contributed by atoms with Gasteiger partial charge in [0.25, 0.3) is 5.91 Å². The molecular formula is C15H14Cl2N2O. The molecule has 0 atom stereocenters. The Hall–Kier alpha value is -1.71. The van der Waals surface area contributed by atoms with Crippen LogP contribution in [-0.4, -0.2) is 5.91 Å². The number of carbonyl (C=O) groups excluding carboxylic acids is 1. The number of nitrogens with one attached hydrogen (secondary N) is 1. The quantitative estimate of drug-likeness (QED) is 0.806. The van der Waals surface area contributed by atoms with Gasteiger partial charge in [-0.2, -0.15) is 0 Å². The summed E-state index contributed by atoms with van der Waals surface area (Å²) in [6.45, 7) is 3.92. The summed E-state index contributed by atoms with van der Waals surface area (Å²) in [6.07, 6.45) is 0. The smallest absolute Gasteiger partial charge is 0.257 e. The van der Waals surface area contributed by atoms with Crippen LogP contribution in [0.1, 0.15) is 21.5 Å². The molecule has 0 heterocycles. The van der Waals surface area contributed by atoms with Gasteiger partial charge in [-0.05, 0) is 37.6 Å². The van der Waals surface area contributed by atoms with Crippen LogP contribution in [0.4, 0.5) is 11.4 Å². The van der Waals surface area contributed by atoms with Crippen molar-refractivity contribution < 1.29 is 4.79 Å². The van der Waals surface area contributed by atoms with Crippen LogP contribution in [0.15, 0.2) is 30.3 Å². The van der Waals surface area contributed by atoms with Gasteiger partial charge in [-0.3, -0.25) is 4.79 Å². The van der Waals surface area contributed by atoms with E-state index in [1.54, 1.807) is 0 Å². The Labute approximate surface area is 127 Å². The average molecular weight is 309 g/mol. The molecule has 0 radical (unpaired) electrons. The molecule has 0 aliphatic rings. The van der Waals surface area contributed by atoms with E-state index in [0.29, 0.717) is 5.69 Å². The van der Waals surface area contributed by atoms with Crippen LogP contribution in [0, 0.1) is 13.8 Å². The van der Waals surface area contributed by atoms with Crippen molar-refractivity contribution in [1.29, 1.82) is 0 Å². The topological polar surface area (TPSA) is 55.1 Å². The maximum atomic E-state index is 12.3. The minimum absolute atomic E-state index is 0.197. The first kappa shape index (κ1) is 14.7. The third kappa shape index (κ3) is 3.06. The van der Waals surface area contributed by atoms with Crippen molar-refractivity contribution in [2.24, 2.45) is 0 Å². The molecule has 0 unspecified atom stereocenters. The summed E-state index contributed by atoms with van der Waals surface area (Å²) in [7, 11) is 0. The molecule has 3 nitrogen and oxygen atoms in total. The summed E-state index contributed by atoms with van der Waals surface area (Å²) < 4.78 is 0. The molecular weight excluding hydrogens is 295 g/mol. The zero-order valence-corrected chi connectivity index (χ0v) is 12.6. The van der Waals surface area contributed by atoms with Gasteiger partial charge < -0.3 is 11.1 Å². The molecule has 0 fully saturated rings. The number of aryl methyl sites for hydroxylation is 2. The lowest BCUT2D eigenvalue weighted by Gasteiger charge is -2.11. The predicted molar refractivity (Wildman–Crippen MR) is 84.7 cm³/mol. The number of hydrogen-bond donors (Lipinski definition) is 2. The molecule has 0 saturated carbocycles. The largest absolute Gasteiger partial charge is 0.399 e. The molecule has 5 heteroatoms. The Balaban J connectivity index is 2.33. The normalized spacial score (nSPS) is 10.4. The van der Waals surface area contributed by atoms with Crippen LogP contribution in [0.3, 0.4) is 0 Å². The van der Waals surface area contributed by atoms with E-state index in [-0.39, 0.29) is 21.5 Å². The first-order chi connectivity index (χ1) is 9.38. The highest BCUT2D eigenvalue weighted by Gasteiger charge is 2.15. The fraction of sp³-hybridized carbons (Fsp3) is 0.133. The van der Waals surface area contributed by atoms with Crippen molar-refractivity contribution in [2.75, 3.05) is 11.1 Å². The van der Waals surface area contributed by atoms with Crippen molar-refractivity contribution in [3.63, 3.8) is 0 Å². The van der Waals surface area contributed by atoms with Gasteiger partial charge in [0.05, 0.1) is 15.6 Å². The Kier molecular flexibility index (Phi) is 4.21. The minimum atomic E-state index is -0.337. The average Bonchev–Trinajstić information content (AvgIpc) is 2.37. The number of rotatable bonds is 2. The zero-order chi connectivity index (χ0) is 14.9. The fourth-order valence-electron chi connectivity index (χ4n) is 1.92. The van der Waals surface area contributed by atoms with Gasteiger partial charge in [-0.1, -0.05) is 40.9 Å². The van der Waals surface area contributed by atoms with Gasteiger partial charge in [0, 0.05) is 11.4 Å². The van der Waals surface area contributed by atoms with E-state index in [1.807, 2.05) is 32.0 Å². The van der Waals surface area contributed by atoms with Gasteiger partial charge in [0.1, 0.15) is 0 Å². The third-order valence-corrected chi connectivity index (χ3v) is 3.73. The van der Waals surface area contributed by atoms with E-state index < -0.39 is 0 Å². The second-order valence-corrected chi connectivity index (χ2v) is 5.42. The summed E-state index contributed by atoms with van der Waals surface area (Å²) in [5.74, 6) is -0.337. The molecule has 0 aliphatic heterocycles. The SMILES string of the molecule is Cc1ccc(NC(=O)c2cc(N)cc(Cl)c2Cl)c(C)c1. The zero-order valence-electron chi connectivity index (χ0n) is 11.1. The van der Waals surface area contributed by atoms with Crippen molar-refractivity contribution in [2.45, 2.75) is 13.8 Å². The number of hydrogen-bond acceptors (Lipinski definition) is 2. The van der Waals surface area contributed by atoms with E-state index >= 15 is 0 Å². The van der Waals surface area contributed by atoms with Crippen LogP contribution in [0.25, 0.3) is 0 Å². The first-order valence-electron chi connectivity index (χ1n) is 6.01. The number of halogens is 2. The Morgan fingerprint density at radius 3 is 2.50 bits per heavy atom. The molecule has 0 saturated heterocycles. The monoisotopic (exact) mass is 308 g/mol. The number of amides is 1. The molecule has 0 spiro atoms. The molecule has 104 valence electrons. The Bertz CT molecular complexity index is 684. The minimum Gasteiger partial charge on any atom is -0.399 e. The van der Waals surface area contributed by atoms with E-state index in [0.717, 1.165) is 16.8 Å². The van der Waals surface area contributed by atoms with Crippen molar-refractivity contribution in [1.82, 2.24) is 0 Å². The van der Waals surface area contributed by atoms with E-state index in [4.69, 9.17) is 28.9 Å². The van der Waals surface area contributed by atoms with Crippen LogP contribution in [0.2, 0.25) is 10.0 Å². The van der Waals surface area contributed by atoms with Crippen molar-refractivity contribution >= 4 is 40.5 Å². The second-order valence-electron chi connectivity index (χ2n) is 4.64. The lowest BCUT2D eigenvalue weighted by atomic mass is 10.1. The molecule has 0 aliphatic carbocycles. The molecule has 2 aromatic rings. The fourth-order valence-corrected chi connectivity index (χ4v) is 2.34. The maximum absolute atomic E-state index is 12.3. The molecule has 20 heavy (non-hydrogen) atoms. The summed E-state index contributed by atoms with van der Waals surface area (Å²) >= 11 is 12.0. The summed E-state index contributed by atoms with van der Waals surface area (Å²) in [5.41, 5.74) is 9.18. The standard InChI is InChI=1S/C15H14Cl2N2O/c1-8-3-4-13(9(2)5-8)19-15(20)11-6-10(18)7-12(16)14(11)17/h3-7H,18H2,1-2H3,(H,19,20). The molecule has 3 N–H and O–H groups in total. The van der Waals surface area contributed by atoms with Gasteiger partial charge in [0.2, 0.25) is 0 Å². The van der Waals surface area contributed by atoms with Crippen LogP contribution >= 0.6 is 23.2 Å². The summed E-state index contributed by atoms with van der Waals surface area (Å²) in [6, 6.07) is 8.79. The van der Waals surface area contributed by atoms with Crippen molar-refractivity contribution in [3.8, 4) is 0 Å². The molecule has 0 bridgehead atoms. The second kappa shape index (κ2) is 5.73. The number of anilines is 2. The highest BCUT2D eigenvalue weighted by atomic mass is 35.5. The lowest BCUT2D eigenvalue weighted by Crippen LogP contribution is -2.14. The van der Waals surface area contributed by atoms with Gasteiger partial charge >= 0.3 is 0 Å². The summed E-state index contributed by atoms with van der Waals surface area (Å²) in [5, 5.41) is 3.27. The molecule has 2 rings (SSSR count). The van der Waals surface area contributed by atoms with Crippen molar-refractivity contribution in [3.05, 3.63) is 57.1 Å². The van der Waals surface area contributed by atoms with Crippen LogP contribution < -0.4 is 11.1 Å². The number of nitrogens with two attached hydrogens (primary N) is 1. The number of benzene rings is 2. The van der Waals surface area contributed by atoms with Gasteiger partial charge in [-0.15, -0.1) is 0 Å². The van der Waals surface area contributed by atoms with E-state index in [1.165, 1.54) is 12.1 Å². The summed E-state index contributed by atoms with van der Waals surface area (Å²) in [4.78, 5) is 12.3. The number of carbonyl (C=O) groups is 1. The third-order valence-electron chi connectivity index (χ3n) is 2.93. The lowest BCUT2D eigenvalue weighted by molar-refractivity contribution is 0.102. The highest BCUT2D eigenvalue weighted by molar-refractivity contribution is 6.44. The predicted octanol–water partition coefficient (Wildman–Crippen LogP) is 4.44. The van der Waals surface area contributed by atoms with E-state index in [2.05, 4.69) is 5.32 Å². The highest BCUT2D eigenvalue weighted by Crippen LogP contribution is 2.29. The molecule has 2 aromatic carbocycles. The van der Waals surface area contributed by atoms with Crippen LogP contribution in [-0.2, 0) is 0 Å². The van der Waals surface area contributed by atoms with Gasteiger partial charge in [-0.25, -0.2) is 0 Å². The molecule has 0 aromatic heterocycles. The Morgan fingerprint density at radius 2 is 1.85 bits per heavy atom. The van der Waals surface area contributed by atoms with Gasteiger partial charge in [0.15, 0.2) is 0 Å². The maximum Gasteiger partial charge on any atom is 0.257 e. The van der Waals surface area contributed by atoms with E-state index in [9.17, 15) is 4.79 Å². The first-order valence-corrected chi connectivity index (χ1v) is 6.77.